The average molecular weight is 260 g/mol. The number of nitrogens with one attached hydrogen (secondary N) is 2. The Morgan fingerprint density at radius 1 is 1.42 bits per heavy atom. The van der Waals surface area contributed by atoms with Crippen LogP contribution >= 0.6 is 0 Å². The highest BCUT2D eigenvalue weighted by Crippen LogP contribution is 2.04. The summed E-state index contributed by atoms with van der Waals surface area (Å²) >= 11 is 0. The Hall–Kier alpha value is -1.71. The number of nitrogens with zero attached hydrogens (tertiary/aromatic N) is 4. The Morgan fingerprint density at radius 3 is 2.95 bits per heavy atom. The van der Waals surface area contributed by atoms with Crippen LogP contribution in [-0.2, 0) is 0 Å². The second-order valence-electron chi connectivity index (χ2n) is 4.70. The molecule has 6 nitrogen and oxygen atoms in total. The van der Waals surface area contributed by atoms with Crippen molar-refractivity contribution in [3.63, 3.8) is 0 Å². The predicted octanol–water partition coefficient (Wildman–Crippen LogP) is 0.364. The molecule has 2 heterocycles. The minimum absolute atomic E-state index is 0.414. The van der Waals surface area contributed by atoms with Gasteiger partial charge in [0, 0.05) is 38.4 Å². The van der Waals surface area contributed by atoms with E-state index in [9.17, 15) is 0 Å². The molecule has 1 aliphatic heterocycles. The van der Waals surface area contributed by atoms with Gasteiger partial charge in [-0.2, -0.15) is 5.26 Å². The molecule has 1 aromatic heterocycles. The first kappa shape index (κ1) is 13.7. The molecule has 0 atom stereocenters. The van der Waals surface area contributed by atoms with Gasteiger partial charge in [-0.3, -0.25) is 0 Å². The highest BCUT2D eigenvalue weighted by Gasteiger charge is 2.08. The molecule has 1 aromatic rings. The second-order valence-corrected chi connectivity index (χ2v) is 4.70. The fraction of sp³-hybridized carbons (Fsp3) is 0.615. The van der Waals surface area contributed by atoms with Crippen LogP contribution in [0.4, 0.5) is 5.95 Å². The maximum Gasteiger partial charge on any atom is 0.224 e. The lowest BCUT2D eigenvalue weighted by Gasteiger charge is -2.27. The first-order valence-corrected chi connectivity index (χ1v) is 6.70. The zero-order chi connectivity index (χ0) is 13.5. The molecule has 1 saturated heterocycles. The lowest BCUT2D eigenvalue weighted by molar-refractivity contribution is 0.240. The van der Waals surface area contributed by atoms with Crippen molar-refractivity contribution in [2.45, 2.75) is 13.3 Å². The van der Waals surface area contributed by atoms with Crippen molar-refractivity contribution in [1.82, 2.24) is 20.2 Å². The molecule has 0 spiro atoms. The van der Waals surface area contributed by atoms with Crippen LogP contribution in [0.15, 0.2) is 6.07 Å². The van der Waals surface area contributed by atoms with Gasteiger partial charge in [0.2, 0.25) is 5.95 Å². The minimum Gasteiger partial charge on any atom is -0.354 e. The highest BCUT2D eigenvalue weighted by atomic mass is 15.2. The quantitative estimate of drug-likeness (QED) is 0.745. The molecule has 2 N–H and O–H groups in total. The Kier molecular flexibility index (Phi) is 5.07. The van der Waals surface area contributed by atoms with Crippen LogP contribution < -0.4 is 10.6 Å². The third-order valence-electron chi connectivity index (χ3n) is 3.11. The summed E-state index contributed by atoms with van der Waals surface area (Å²) in [6.07, 6.45) is 1.05. The summed E-state index contributed by atoms with van der Waals surface area (Å²) in [6, 6.07) is 3.73. The second kappa shape index (κ2) is 7.02. The van der Waals surface area contributed by atoms with Gasteiger partial charge in [0.25, 0.3) is 0 Å². The van der Waals surface area contributed by atoms with Crippen LogP contribution in [0, 0.1) is 18.3 Å². The molecule has 1 aliphatic rings. The van der Waals surface area contributed by atoms with Crippen LogP contribution in [-0.4, -0.2) is 54.1 Å². The van der Waals surface area contributed by atoms with Crippen molar-refractivity contribution in [3.8, 4) is 6.07 Å². The maximum atomic E-state index is 8.85. The van der Waals surface area contributed by atoms with Crippen LogP contribution in [0.2, 0.25) is 0 Å². The standard InChI is InChI=1S/C13H20N6/c1-11-9-12(10-14)18-13(17-11)16-3-2-6-19-7-4-15-5-8-19/h9,15H,2-8H2,1H3,(H,16,17,18). The average Bonchev–Trinajstić information content (AvgIpc) is 2.44. The van der Waals surface area contributed by atoms with E-state index in [1.54, 1.807) is 6.07 Å². The van der Waals surface area contributed by atoms with Gasteiger partial charge in [0.1, 0.15) is 11.8 Å². The van der Waals surface area contributed by atoms with E-state index in [-0.39, 0.29) is 0 Å². The molecule has 0 bridgehead atoms. The van der Waals surface area contributed by atoms with E-state index in [0.29, 0.717) is 11.6 Å². The van der Waals surface area contributed by atoms with Gasteiger partial charge in [-0.1, -0.05) is 0 Å². The summed E-state index contributed by atoms with van der Waals surface area (Å²) < 4.78 is 0. The number of hydrogen-bond donors (Lipinski definition) is 2. The molecule has 0 aliphatic carbocycles. The number of aryl methyl sites for hydroxylation is 1. The largest absolute Gasteiger partial charge is 0.354 e. The summed E-state index contributed by atoms with van der Waals surface area (Å²) in [5.74, 6) is 0.553. The van der Waals surface area contributed by atoms with Crippen molar-refractivity contribution < 1.29 is 0 Å². The number of anilines is 1. The van der Waals surface area contributed by atoms with Crippen molar-refractivity contribution in [2.75, 3.05) is 44.6 Å². The monoisotopic (exact) mass is 260 g/mol. The van der Waals surface area contributed by atoms with E-state index < -0.39 is 0 Å². The summed E-state index contributed by atoms with van der Waals surface area (Å²) in [5.41, 5.74) is 1.23. The topological polar surface area (TPSA) is 76.9 Å². The van der Waals surface area contributed by atoms with Crippen LogP contribution in [0.3, 0.4) is 0 Å². The Labute approximate surface area is 113 Å². The first-order chi connectivity index (χ1) is 9.28. The summed E-state index contributed by atoms with van der Waals surface area (Å²) in [7, 11) is 0. The molecular weight excluding hydrogens is 240 g/mol. The molecule has 0 saturated carbocycles. The Bertz CT molecular complexity index is 447. The zero-order valence-electron chi connectivity index (χ0n) is 11.3. The van der Waals surface area contributed by atoms with Crippen molar-refractivity contribution >= 4 is 5.95 Å². The molecule has 19 heavy (non-hydrogen) atoms. The summed E-state index contributed by atoms with van der Waals surface area (Å²) in [4.78, 5) is 10.9. The SMILES string of the molecule is Cc1cc(C#N)nc(NCCCN2CCNCC2)n1. The van der Waals surface area contributed by atoms with E-state index in [1.165, 1.54) is 0 Å². The van der Waals surface area contributed by atoms with E-state index in [0.717, 1.165) is 51.4 Å². The maximum absolute atomic E-state index is 8.85. The number of hydrogen-bond acceptors (Lipinski definition) is 6. The zero-order valence-corrected chi connectivity index (χ0v) is 11.3. The van der Waals surface area contributed by atoms with Crippen LogP contribution in [0.25, 0.3) is 0 Å². The van der Waals surface area contributed by atoms with Gasteiger partial charge >= 0.3 is 0 Å². The predicted molar refractivity (Wildman–Crippen MR) is 73.9 cm³/mol. The summed E-state index contributed by atoms with van der Waals surface area (Å²) in [5, 5.41) is 15.4. The third-order valence-corrected chi connectivity index (χ3v) is 3.11. The fourth-order valence-electron chi connectivity index (χ4n) is 2.14. The van der Waals surface area contributed by atoms with Crippen LogP contribution in [0.5, 0.6) is 0 Å². The molecular formula is C13H20N6. The van der Waals surface area contributed by atoms with Gasteiger partial charge in [-0.05, 0) is 26.0 Å². The van der Waals surface area contributed by atoms with Gasteiger partial charge in [-0.15, -0.1) is 0 Å². The third kappa shape index (κ3) is 4.47. The summed E-state index contributed by atoms with van der Waals surface area (Å²) in [6.45, 7) is 8.21. The number of rotatable bonds is 5. The van der Waals surface area contributed by atoms with Crippen molar-refractivity contribution in [2.24, 2.45) is 0 Å². The van der Waals surface area contributed by atoms with Crippen molar-refractivity contribution in [1.29, 1.82) is 5.26 Å². The lowest BCUT2D eigenvalue weighted by Crippen LogP contribution is -2.44. The first-order valence-electron chi connectivity index (χ1n) is 6.70. The minimum atomic E-state index is 0.414. The lowest BCUT2D eigenvalue weighted by atomic mass is 10.3. The molecule has 0 amide bonds. The number of piperazine rings is 1. The molecule has 2 rings (SSSR count). The Morgan fingerprint density at radius 2 is 2.21 bits per heavy atom. The fourth-order valence-corrected chi connectivity index (χ4v) is 2.14. The van der Waals surface area contributed by atoms with Gasteiger partial charge in [0.05, 0.1) is 0 Å². The molecule has 0 aromatic carbocycles. The van der Waals surface area contributed by atoms with E-state index >= 15 is 0 Å². The van der Waals surface area contributed by atoms with Gasteiger partial charge < -0.3 is 15.5 Å². The molecule has 0 unspecified atom stereocenters. The molecule has 102 valence electrons. The van der Waals surface area contributed by atoms with E-state index in [4.69, 9.17) is 5.26 Å². The van der Waals surface area contributed by atoms with E-state index in [2.05, 4.69) is 25.5 Å². The Balaban J connectivity index is 1.73. The van der Waals surface area contributed by atoms with Gasteiger partial charge in [0.15, 0.2) is 0 Å². The normalized spacial score (nSPS) is 16.0. The molecule has 1 fully saturated rings. The van der Waals surface area contributed by atoms with E-state index in [1.807, 2.05) is 13.0 Å². The number of nitriles is 1. The smallest absolute Gasteiger partial charge is 0.224 e. The number of aromatic nitrogens is 2. The highest BCUT2D eigenvalue weighted by molar-refractivity contribution is 5.32. The van der Waals surface area contributed by atoms with Crippen molar-refractivity contribution in [3.05, 3.63) is 17.5 Å². The van der Waals surface area contributed by atoms with Gasteiger partial charge in [-0.25, -0.2) is 9.97 Å². The molecule has 0 radical (unpaired) electrons. The van der Waals surface area contributed by atoms with Crippen LogP contribution in [0.1, 0.15) is 17.8 Å². The molecule has 6 heteroatoms.